The van der Waals surface area contributed by atoms with Crippen molar-refractivity contribution >= 4 is 34.2 Å². The van der Waals surface area contributed by atoms with Crippen molar-refractivity contribution in [3.63, 3.8) is 0 Å². The van der Waals surface area contributed by atoms with Crippen molar-refractivity contribution in [1.82, 2.24) is 0 Å². The summed E-state index contributed by atoms with van der Waals surface area (Å²) in [6.07, 6.45) is 1.70. The number of aliphatic imine (C=N–C) groups is 1. The van der Waals surface area contributed by atoms with Crippen LogP contribution in [0.15, 0.2) is 29.3 Å². The lowest BCUT2D eigenvalue weighted by Gasteiger charge is -1.95. The Balaban J connectivity index is 2.39. The van der Waals surface area contributed by atoms with E-state index in [0.717, 1.165) is 21.0 Å². The second kappa shape index (κ2) is 5.34. The monoisotopic (exact) mass is 274 g/mol. The van der Waals surface area contributed by atoms with Gasteiger partial charge in [0.05, 0.1) is 5.56 Å². The van der Waals surface area contributed by atoms with Crippen LogP contribution in [0.25, 0.3) is 0 Å². The van der Waals surface area contributed by atoms with Crippen molar-refractivity contribution in [2.24, 2.45) is 4.99 Å². The number of hydrogen-bond acceptors (Lipinski definition) is 3. The van der Waals surface area contributed by atoms with Gasteiger partial charge in [-0.2, -0.15) is 5.26 Å². The molecule has 4 heteroatoms. The molecule has 0 spiro atoms. The molecule has 0 unspecified atom stereocenters. The standard InChI is InChI=1S/C14H11ClN2S/c1-9-10(2)18-14(12(9)7-16)17-8-11-5-3-4-6-13(11)15/h3-6,8H,1-2H3/b17-8-. The molecule has 0 saturated heterocycles. The Morgan fingerprint density at radius 2 is 2.06 bits per heavy atom. The third-order valence-electron chi connectivity index (χ3n) is 2.70. The van der Waals surface area contributed by atoms with E-state index >= 15 is 0 Å². The van der Waals surface area contributed by atoms with E-state index < -0.39 is 0 Å². The predicted molar refractivity (Wildman–Crippen MR) is 77.2 cm³/mol. The highest BCUT2D eigenvalue weighted by Crippen LogP contribution is 2.34. The molecule has 0 aliphatic heterocycles. The van der Waals surface area contributed by atoms with Crippen molar-refractivity contribution in [3.8, 4) is 6.07 Å². The van der Waals surface area contributed by atoms with Gasteiger partial charge in [0.1, 0.15) is 11.1 Å². The van der Waals surface area contributed by atoms with Crippen LogP contribution in [0.4, 0.5) is 5.00 Å². The quantitative estimate of drug-likeness (QED) is 0.735. The number of benzene rings is 1. The van der Waals surface area contributed by atoms with E-state index in [1.165, 1.54) is 11.3 Å². The number of hydrogen-bond donors (Lipinski definition) is 0. The van der Waals surface area contributed by atoms with E-state index in [0.29, 0.717) is 10.6 Å². The van der Waals surface area contributed by atoms with Gasteiger partial charge in [-0.25, -0.2) is 4.99 Å². The normalized spacial score (nSPS) is 10.8. The Morgan fingerprint density at radius 1 is 1.33 bits per heavy atom. The first kappa shape index (κ1) is 12.8. The van der Waals surface area contributed by atoms with Crippen LogP contribution in [0.3, 0.4) is 0 Å². The van der Waals surface area contributed by atoms with Crippen LogP contribution in [0, 0.1) is 25.2 Å². The average Bonchev–Trinajstić information content (AvgIpc) is 2.64. The molecule has 0 saturated carbocycles. The molecule has 2 nitrogen and oxygen atoms in total. The summed E-state index contributed by atoms with van der Waals surface area (Å²) in [5, 5.41) is 10.5. The molecule has 0 radical (unpaired) electrons. The van der Waals surface area contributed by atoms with Gasteiger partial charge in [-0.15, -0.1) is 11.3 Å². The molecule has 0 amide bonds. The van der Waals surface area contributed by atoms with Gasteiger partial charge in [-0.3, -0.25) is 0 Å². The zero-order chi connectivity index (χ0) is 13.1. The van der Waals surface area contributed by atoms with Gasteiger partial charge < -0.3 is 0 Å². The van der Waals surface area contributed by atoms with Crippen molar-refractivity contribution in [2.45, 2.75) is 13.8 Å². The van der Waals surface area contributed by atoms with E-state index in [4.69, 9.17) is 16.9 Å². The third-order valence-corrected chi connectivity index (χ3v) is 4.16. The van der Waals surface area contributed by atoms with Gasteiger partial charge in [0, 0.05) is 21.7 Å². The number of nitriles is 1. The minimum Gasteiger partial charge on any atom is -0.244 e. The fourth-order valence-corrected chi connectivity index (χ4v) is 2.68. The van der Waals surface area contributed by atoms with Crippen LogP contribution in [0.2, 0.25) is 5.02 Å². The van der Waals surface area contributed by atoms with Crippen LogP contribution in [0.5, 0.6) is 0 Å². The van der Waals surface area contributed by atoms with E-state index in [1.807, 2.05) is 38.1 Å². The molecule has 2 rings (SSSR count). The highest BCUT2D eigenvalue weighted by atomic mass is 35.5. The van der Waals surface area contributed by atoms with Gasteiger partial charge in [-0.05, 0) is 25.5 Å². The minimum absolute atomic E-state index is 0.654. The topological polar surface area (TPSA) is 36.1 Å². The summed E-state index contributed by atoms with van der Waals surface area (Å²) >= 11 is 7.57. The molecule has 1 heterocycles. The molecule has 1 aromatic heterocycles. The summed E-state index contributed by atoms with van der Waals surface area (Å²) in [4.78, 5) is 5.50. The van der Waals surface area contributed by atoms with Gasteiger partial charge >= 0.3 is 0 Å². The molecule has 90 valence electrons. The van der Waals surface area contributed by atoms with Crippen LogP contribution < -0.4 is 0 Å². The van der Waals surface area contributed by atoms with Crippen LogP contribution in [-0.2, 0) is 0 Å². The first-order valence-electron chi connectivity index (χ1n) is 5.42. The SMILES string of the molecule is Cc1sc(/N=C\c2ccccc2Cl)c(C#N)c1C. The van der Waals surface area contributed by atoms with Crippen molar-refractivity contribution in [2.75, 3.05) is 0 Å². The lowest BCUT2D eigenvalue weighted by molar-refractivity contribution is 1.38. The minimum atomic E-state index is 0.654. The molecule has 0 atom stereocenters. The average molecular weight is 275 g/mol. The molecular weight excluding hydrogens is 264 g/mol. The van der Waals surface area contributed by atoms with Crippen LogP contribution >= 0.6 is 22.9 Å². The summed E-state index contributed by atoms with van der Waals surface area (Å²) in [7, 11) is 0. The summed E-state index contributed by atoms with van der Waals surface area (Å²) < 4.78 is 0. The summed E-state index contributed by atoms with van der Waals surface area (Å²) in [5.41, 5.74) is 2.52. The van der Waals surface area contributed by atoms with Crippen LogP contribution in [0.1, 0.15) is 21.6 Å². The highest BCUT2D eigenvalue weighted by molar-refractivity contribution is 7.16. The molecule has 0 aliphatic rings. The number of nitrogens with zero attached hydrogens (tertiary/aromatic N) is 2. The molecule has 0 N–H and O–H groups in total. The Hall–Kier alpha value is -1.63. The molecular formula is C14H11ClN2S. The predicted octanol–water partition coefficient (Wildman–Crippen LogP) is 4.64. The molecule has 0 bridgehead atoms. The molecule has 0 fully saturated rings. The van der Waals surface area contributed by atoms with Gasteiger partial charge in [-0.1, -0.05) is 29.8 Å². The van der Waals surface area contributed by atoms with E-state index in [1.54, 1.807) is 6.21 Å². The molecule has 18 heavy (non-hydrogen) atoms. The Bertz CT molecular complexity index is 650. The maximum Gasteiger partial charge on any atom is 0.134 e. The number of thiophene rings is 1. The third kappa shape index (κ3) is 2.45. The Kier molecular flexibility index (Phi) is 3.81. The second-order valence-electron chi connectivity index (χ2n) is 3.85. The summed E-state index contributed by atoms with van der Waals surface area (Å²) in [6.45, 7) is 3.94. The number of rotatable bonds is 2. The number of aryl methyl sites for hydroxylation is 1. The van der Waals surface area contributed by atoms with Crippen molar-refractivity contribution < 1.29 is 0 Å². The second-order valence-corrected chi connectivity index (χ2v) is 5.47. The van der Waals surface area contributed by atoms with Crippen molar-refractivity contribution in [1.29, 1.82) is 5.26 Å². The first-order chi connectivity index (χ1) is 8.63. The first-order valence-corrected chi connectivity index (χ1v) is 6.61. The Morgan fingerprint density at radius 3 is 2.72 bits per heavy atom. The van der Waals surface area contributed by atoms with Gasteiger partial charge in [0.2, 0.25) is 0 Å². The fourth-order valence-electron chi connectivity index (χ4n) is 1.54. The van der Waals surface area contributed by atoms with Gasteiger partial charge in [0.25, 0.3) is 0 Å². The van der Waals surface area contributed by atoms with Crippen molar-refractivity contribution in [3.05, 3.63) is 50.9 Å². The molecule has 1 aromatic carbocycles. The van der Waals surface area contributed by atoms with E-state index in [9.17, 15) is 0 Å². The highest BCUT2D eigenvalue weighted by Gasteiger charge is 2.10. The lowest BCUT2D eigenvalue weighted by Crippen LogP contribution is -1.81. The lowest BCUT2D eigenvalue weighted by atomic mass is 10.2. The fraction of sp³-hybridized carbons (Fsp3) is 0.143. The Labute approximate surface area is 115 Å². The molecule has 2 aromatic rings. The zero-order valence-corrected chi connectivity index (χ0v) is 11.6. The molecule has 0 aliphatic carbocycles. The summed E-state index contributed by atoms with van der Waals surface area (Å²) in [5.74, 6) is 0. The maximum absolute atomic E-state index is 9.12. The van der Waals surface area contributed by atoms with Crippen LogP contribution in [-0.4, -0.2) is 6.21 Å². The number of halogens is 1. The summed E-state index contributed by atoms with van der Waals surface area (Å²) in [6, 6.07) is 9.69. The smallest absolute Gasteiger partial charge is 0.134 e. The maximum atomic E-state index is 9.12. The van der Waals surface area contributed by atoms with E-state index in [-0.39, 0.29) is 0 Å². The zero-order valence-electron chi connectivity index (χ0n) is 10.1. The van der Waals surface area contributed by atoms with E-state index in [2.05, 4.69) is 11.1 Å². The largest absolute Gasteiger partial charge is 0.244 e. The van der Waals surface area contributed by atoms with Gasteiger partial charge in [0.15, 0.2) is 0 Å².